The molecule has 2 rings (SSSR count). The van der Waals surface area contributed by atoms with Crippen LogP contribution in [0.2, 0.25) is 5.02 Å². The second-order valence-corrected chi connectivity index (χ2v) is 4.54. The Kier molecular flexibility index (Phi) is 2.97. The molecular formula is C12H14ClN3. The van der Waals surface area contributed by atoms with Crippen LogP contribution in [-0.2, 0) is 0 Å². The lowest BCUT2D eigenvalue weighted by atomic mass is 9.89. The topological polar surface area (TPSA) is 50.7 Å². The van der Waals surface area contributed by atoms with Gasteiger partial charge in [-0.15, -0.1) is 0 Å². The summed E-state index contributed by atoms with van der Waals surface area (Å²) in [6.07, 6.45) is 1.94. The number of fused-ring (bicyclic) bond motifs is 1. The molecule has 0 spiro atoms. The van der Waals surface area contributed by atoms with Crippen molar-refractivity contribution in [2.24, 2.45) is 27.8 Å². The summed E-state index contributed by atoms with van der Waals surface area (Å²) in [7, 11) is 0. The van der Waals surface area contributed by atoms with Gasteiger partial charge in [-0.1, -0.05) is 25.4 Å². The van der Waals surface area contributed by atoms with E-state index in [-0.39, 0.29) is 5.92 Å². The van der Waals surface area contributed by atoms with Gasteiger partial charge in [-0.05, 0) is 24.1 Å². The first-order chi connectivity index (χ1) is 7.63. The number of hydrazone groups is 1. The van der Waals surface area contributed by atoms with E-state index < -0.39 is 0 Å². The first-order valence-corrected chi connectivity index (χ1v) is 5.63. The summed E-state index contributed by atoms with van der Waals surface area (Å²) in [5.74, 6) is 6.04. The number of hydrogen-bond acceptors (Lipinski definition) is 3. The van der Waals surface area contributed by atoms with Gasteiger partial charge in [0.2, 0.25) is 0 Å². The molecule has 1 aromatic carbocycles. The van der Waals surface area contributed by atoms with Crippen LogP contribution in [0.25, 0.3) is 0 Å². The third kappa shape index (κ3) is 1.83. The van der Waals surface area contributed by atoms with Gasteiger partial charge >= 0.3 is 0 Å². The van der Waals surface area contributed by atoms with Crippen molar-refractivity contribution >= 4 is 29.2 Å². The van der Waals surface area contributed by atoms with Crippen LogP contribution >= 0.6 is 11.6 Å². The molecule has 0 fully saturated rings. The van der Waals surface area contributed by atoms with Crippen molar-refractivity contribution in [3.05, 3.63) is 28.8 Å². The van der Waals surface area contributed by atoms with Gasteiger partial charge in [-0.25, -0.2) is 0 Å². The van der Waals surface area contributed by atoms with E-state index in [1.807, 2.05) is 24.4 Å². The molecule has 0 saturated heterocycles. The van der Waals surface area contributed by atoms with Crippen LogP contribution in [0.1, 0.15) is 19.4 Å². The minimum absolute atomic E-state index is 0.244. The zero-order chi connectivity index (χ0) is 11.7. The molecule has 84 valence electrons. The standard InChI is InChI=1S/C12H14ClN3/c1-7-6-15-11-4-3-9(13)5-10(11)12(16-14)8(7)2/h3-8H,14H2,1-2H3/b16-12-. The number of nitrogens with zero attached hydrogens (tertiary/aromatic N) is 2. The fraction of sp³-hybridized carbons (Fsp3) is 0.333. The first-order valence-electron chi connectivity index (χ1n) is 5.25. The average molecular weight is 236 g/mol. The molecule has 2 N–H and O–H groups in total. The van der Waals surface area contributed by atoms with Gasteiger partial charge in [0.15, 0.2) is 0 Å². The lowest BCUT2D eigenvalue weighted by molar-refractivity contribution is 0.636. The summed E-state index contributed by atoms with van der Waals surface area (Å²) >= 11 is 5.99. The van der Waals surface area contributed by atoms with Crippen LogP contribution in [-0.4, -0.2) is 11.9 Å². The third-order valence-corrected chi connectivity index (χ3v) is 3.28. The Labute approximate surface area is 100 Å². The summed E-state index contributed by atoms with van der Waals surface area (Å²) in [6.45, 7) is 4.20. The Morgan fingerprint density at radius 2 is 2.12 bits per heavy atom. The Morgan fingerprint density at radius 1 is 1.38 bits per heavy atom. The minimum atomic E-state index is 0.244. The normalized spacial score (nSPS) is 26.6. The summed E-state index contributed by atoms with van der Waals surface area (Å²) in [4.78, 5) is 4.44. The summed E-state index contributed by atoms with van der Waals surface area (Å²) < 4.78 is 0. The van der Waals surface area contributed by atoms with Gasteiger partial charge in [0.1, 0.15) is 0 Å². The average Bonchev–Trinajstić information content (AvgIpc) is 2.38. The molecule has 16 heavy (non-hydrogen) atoms. The number of rotatable bonds is 0. The van der Waals surface area contributed by atoms with Crippen LogP contribution < -0.4 is 5.84 Å². The largest absolute Gasteiger partial charge is 0.323 e. The summed E-state index contributed by atoms with van der Waals surface area (Å²) in [6, 6.07) is 5.59. The second kappa shape index (κ2) is 4.26. The predicted molar refractivity (Wildman–Crippen MR) is 68.7 cm³/mol. The number of hydrogen-bond donors (Lipinski definition) is 1. The van der Waals surface area contributed by atoms with E-state index in [0.29, 0.717) is 10.9 Å². The first kappa shape index (κ1) is 11.1. The van der Waals surface area contributed by atoms with Gasteiger partial charge in [-0.2, -0.15) is 5.10 Å². The van der Waals surface area contributed by atoms with E-state index in [1.165, 1.54) is 0 Å². The molecule has 1 aliphatic heterocycles. The zero-order valence-corrected chi connectivity index (χ0v) is 10.1. The smallest absolute Gasteiger partial charge is 0.0729 e. The highest BCUT2D eigenvalue weighted by Crippen LogP contribution is 2.30. The Morgan fingerprint density at radius 3 is 2.81 bits per heavy atom. The van der Waals surface area contributed by atoms with E-state index in [2.05, 4.69) is 23.9 Å². The van der Waals surface area contributed by atoms with E-state index >= 15 is 0 Å². The maximum absolute atomic E-state index is 5.99. The number of halogens is 1. The molecule has 0 amide bonds. The van der Waals surface area contributed by atoms with Crippen molar-refractivity contribution in [2.45, 2.75) is 13.8 Å². The maximum Gasteiger partial charge on any atom is 0.0729 e. The zero-order valence-electron chi connectivity index (χ0n) is 9.31. The highest BCUT2D eigenvalue weighted by molar-refractivity contribution is 6.31. The Bertz CT molecular complexity index is 465. The van der Waals surface area contributed by atoms with E-state index in [9.17, 15) is 0 Å². The highest BCUT2D eigenvalue weighted by atomic mass is 35.5. The lowest BCUT2D eigenvalue weighted by Crippen LogP contribution is -2.20. The Hall–Kier alpha value is -1.35. The molecular weight excluding hydrogens is 222 g/mol. The van der Waals surface area contributed by atoms with Crippen molar-refractivity contribution in [1.82, 2.24) is 0 Å². The molecule has 1 aliphatic rings. The van der Waals surface area contributed by atoms with Crippen LogP contribution in [0.4, 0.5) is 5.69 Å². The molecule has 4 heteroatoms. The fourth-order valence-electron chi connectivity index (χ4n) is 1.83. The molecule has 0 aromatic heterocycles. The van der Waals surface area contributed by atoms with Crippen molar-refractivity contribution in [2.75, 3.05) is 0 Å². The molecule has 3 nitrogen and oxygen atoms in total. The van der Waals surface area contributed by atoms with Gasteiger partial charge in [0.05, 0.1) is 11.4 Å². The molecule has 0 aliphatic carbocycles. The highest BCUT2D eigenvalue weighted by Gasteiger charge is 2.23. The number of benzene rings is 1. The Balaban J connectivity index is 2.62. The SMILES string of the molecule is CC1C=Nc2ccc(Cl)cc2/C(=N\N)C1C. The molecule has 1 aromatic rings. The third-order valence-electron chi connectivity index (χ3n) is 3.04. The molecule has 1 heterocycles. The summed E-state index contributed by atoms with van der Waals surface area (Å²) in [5, 5.41) is 4.58. The molecule has 0 saturated carbocycles. The number of aliphatic imine (C=N–C) groups is 1. The van der Waals surface area contributed by atoms with Crippen molar-refractivity contribution in [3.63, 3.8) is 0 Å². The summed E-state index contributed by atoms with van der Waals surface area (Å²) in [5.41, 5.74) is 2.68. The van der Waals surface area contributed by atoms with E-state index in [1.54, 1.807) is 0 Å². The van der Waals surface area contributed by atoms with Crippen molar-refractivity contribution in [1.29, 1.82) is 0 Å². The van der Waals surface area contributed by atoms with E-state index in [0.717, 1.165) is 17.0 Å². The van der Waals surface area contributed by atoms with Gasteiger partial charge in [0, 0.05) is 22.7 Å². The maximum atomic E-state index is 5.99. The van der Waals surface area contributed by atoms with Crippen molar-refractivity contribution < 1.29 is 0 Å². The van der Waals surface area contributed by atoms with Crippen LogP contribution in [0.5, 0.6) is 0 Å². The van der Waals surface area contributed by atoms with Crippen molar-refractivity contribution in [3.8, 4) is 0 Å². The molecule has 2 atom stereocenters. The molecule has 2 unspecified atom stereocenters. The fourth-order valence-corrected chi connectivity index (χ4v) is 2.01. The quantitative estimate of drug-likeness (QED) is 0.546. The van der Waals surface area contributed by atoms with Crippen LogP contribution in [0, 0.1) is 11.8 Å². The molecule has 0 radical (unpaired) electrons. The molecule has 0 bridgehead atoms. The van der Waals surface area contributed by atoms with E-state index in [4.69, 9.17) is 17.4 Å². The minimum Gasteiger partial charge on any atom is -0.323 e. The van der Waals surface area contributed by atoms with Gasteiger partial charge in [-0.3, -0.25) is 4.99 Å². The van der Waals surface area contributed by atoms with Gasteiger partial charge < -0.3 is 5.84 Å². The van der Waals surface area contributed by atoms with Crippen LogP contribution in [0.3, 0.4) is 0 Å². The predicted octanol–water partition coefficient (Wildman–Crippen LogP) is 2.99. The van der Waals surface area contributed by atoms with Gasteiger partial charge in [0.25, 0.3) is 0 Å². The van der Waals surface area contributed by atoms with Crippen LogP contribution in [0.15, 0.2) is 28.3 Å². The number of nitrogens with two attached hydrogens (primary N) is 1. The monoisotopic (exact) mass is 235 g/mol. The lowest BCUT2D eigenvalue weighted by Gasteiger charge is -2.16. The second-order valence-electron chi connectivity index (χ2n) is 4.10.